The molecule has 1 unspecified atom stereocenters. The molecule has 3 aliphatic heterocycles. The predicted molar refractivity (Wildman–Crippen MR) is 166 cm³/mol. The Morgan fingerprint density at radius 2 is 1.53 bits per heavy atom. The molecule has 45 heavy (non-hydrogen) atoms. The summed E-state index contributed by atoms with van der Waals surface area (Å²) in [5.41, 5.74) is 4.77. The lowest BCUT2D eigenvalue weighted by molar-refractivity contribution is -0.233. The van der Waals surface area contributed by atoms with Crippen LogP contribution >= 0.6 is 0 Å². The van der Waals surface area contributed by atoms with Crippen molar-refractivity contribution in [2.45, 2.75) is 51.0 Å². The molecule has 7 rings (SSSR count). The number of carbonyl (C=O) groups is 2. The number of aromatic nitrogens is 1. The van der Waals surface area contributed by atoms with Crippen molar-refractivity contribution in [3.8, 4) is 17.2 Å². The smallest absolute Gasteiger partial charge is 0.261 e. The molecular weight excluding hydrogens is 572 g/mol. The largest absolute Gasteiger partial charge is 0.493 e. The number of carbonyl (C=O) groups excluding carboxylic acids is 2. The van der Waals surface area contributed by atoms with Crippen LogP contribution in [-0.2, 0) is 17.7 Å². The molecule has 0 N–H and O–H groups in total. The summed E-state index contributed by atoms with van der Waals surface area (Å²) in [5.74, 6) is 0.0849. The van der Waals surface area contributed by atoms with Gasteiger partial charge in [0.2, 0.25) is 5.79 Å². The van der Waals surface area contributed by atoms with Gasteiger partial charge in [-0.2, -0.15) is 0 Å². The van der Waals surface area contributed by atoms with Gasteiger partial charge >= 0.3 is 0 Å². The van der Waals surface area contributed by atoms with E-state index >= 15 is 0 Å². The van der Waals surface area contributed by atoms with Gasteiger partial charge in [-0.15, -0.1) is 0 Å². The van der Waals surface area contributed by atoms with Gasteiger partial charge in [-0.05, 0) is 60.7 Å². The third-order valence-corrected chi connectivity index (χ3v) is 9.04. The van der Waals surface area contributed by atoms with E-state index < -0.39 is 11.9 Å². The third-order valence-electron chi connectivity index (χ3n) is 9.04. The zero-order valence-corrected chi connectivity index (χ0v) is 25.5. The van der Waals surface area contributed by atoms with Crippen molar-refractivity contribution in [2.75, 3.05) is 20.8 Å². The minimum absolute atomic E-state index is 0.166. The van der Waals surface area contributed by atoms with Crippen molar-refractivity contribution in [1.82, 2.24) is 9.47 Å². The number of amides is 2. The van der Waals surface area contributed by atoms with E-state index in [-0.39, 0.29) is 17.4 Å². The Hall–Kier alpha value is -4.89. The van der Waals surface area contributed by atoms with Crippen LogP contribution in [0.15, 0.2) is 77.6 Å². The molecular formula is C36H34N2O7. The summed E-state index contributed by atoms with van der Waals surface area (Å²) in [6, 6.07) is 22.5. The summed E-state index contributed by atoms with van der Waals surface area (Å²) >= 11 is 0. The second-order valence-corrected chi connectivity index (χ2v) is 11.8. The van der Waals surface area contributed by atoms with Crippen molar-refractivity contribution in [2.24, 2.45) is 0 Å². The van der Waals surface area contributed by atoms with Gasteiger partial charge < -0.3 is 23.5 Å². The molecule has 9 heteroatoms. The molecule has 0 aliphatic carbocycles. The van der Waals surface area contributed by atoms with E-state index in [4.69, 9.17) is 18.9 Å². The van der Waals surface area contributed by atoms with Crippen LogP contribution in [0.4, 0.5) is 0 Å². The van der Waals surface area contributed by atoms with Gasteiger partial charge in [-0.1, -0.05) is 42.5 Å². The van der Waals surface area contributed by atoms with Gasteiger partial charge in [0.05, 0.1) is 37.5 Å². The number of imide groups is 1. The van der Waals surface area contributed by atoms with E-state index in [1.54, 1.807) is 43.1 Å². The molecule has 0 radical (unpaired) electrons. The molecule has 230 valence electrons. The highest BCUT2D eigenvalue weighted by molar-refractivity contribution is 6.21. The zero-order chi connectivity index (χ0) is 31.3. The number of fused-ring (bicyclic) bond motifs is 7. The lowest BCUT2D eigenvalue weighted by Crippen LogP contribution is -2.51. The van der Waals surface area contributed by atoms with Crippen molar-refractivity contribution < 1.29 is 28.5 Å². The van der Waals surface area contributed by atoms with Crippen LogP contribution < -0.4 is 19.8 Å². The monoisotopic (exact) mass is 606 g/mol. The Kier molecular flexibility index (Phi) is 7.20. The molecule has 0 spiro atoms. The maximum atomic E-state index is 14.2. The van der Waals surface area contributed by atoms with Crippen molar-refractivity contribution in [1.29, 1.82) is 0 Å². The molecule has 3 aliphatic rings. The fraction of sp³-hybridized carbons (Fsp3) is 0.306. The summed E-state index contributed by atoms with van der Waals surface area (Å²) in [6.45, 7) is 2.64. The maximum Gasteiger partial charge on any atom is 0.261 e. The van der Waals surface area contributed by atoms with Gasteiger partial charge in [0.1, 0.15) is 11.9 Å². The Morgan fingerprint density at radius 3 is 2.22 bits per heavy atom. The number of aryl methyl sites for hydroxylation is 1. The quantitative estimate of drug-likeness (QED) is 0.185. The average Bonchev–Trinajstić information content (AvgIpc) is 3.29. The van der Waals surface area contributed by atoms with E-state index in [1.165, 1.54) is 4.90 Å². The topological polar surface area (TPSA) is 96.3 Å². The van der Waals surface area contributed by atoms with Gasteiger partial charge in [0, 0.05) is 31.1 Å². The van der Waals surface area contributed by atoms with Crippen LogP contribution in [0.5, 0.6) is 17.2 Å². The SMILES string of the molecule is COc1cc2c(cc1OC)C1O[C@](CCCCN3C(=O)c4ccccc4C3=O)(C2)Oc2cc(C)n(Cc3ccccc3)c(=O)c21. The van der Waals surface area contributed by atoms with Crippen molar-refractivity contribution in [3.05, 3.63) is 122 Å². The number of pyridine rings is 1. The highest BCUT2D eigenvalue weighted by Gasteiger charge is 2.49. The molecule has 3 aromatic carbocycles. The first-order valence-electron chi connectivity index (χ1n) is 15.2. The van der Waals surface area contributed by atoms with Gasteiger partial charge in [-0.3, -0.25) is 19.3 Å². The van der Waals surface area contributed by atoms with Crippen molar-refractivity contribution in [3.63, 3.8) is 0 Å². The first-order chi connectivity index (χ1) is 21.8. The fourth-order valence-electron chi connectivity index (χ4n) is 6.77. The van der Waals surface area contributed by atoms with E-state index in [1.807, 2.05) is 55.5 Å². The molecule has 4 aromatic rings. The number of hydrogen-bond acceptors (Lipinski definition) is 7. The Labute approximate surface area is 260 Å². The zero-order valence-electron chi connectivity index (χ0n) is 25.5. The van der Waals surface area contributed by atoms with Gasteiger partial charge in [0.15, 0.2) is 11.5 Å². The number of methoxy groups -OCH3 is 2. The molecule has 9 nitrogen and oxygen atoms in total. The third kappa shape index (κ3) is 4.88. The number of benzene rings is 3. The van der Waals surface area contributed by atoms with Gasteiger partial charge in [0.25, 0.3) is 17.4 Å². The molecule has 0 saturated heterocycles. The van der Waals surface area contributed by atoms with Crippen LogP contribution in [0.2, 0.25) is 0 Å². The molecule has 2 amide bonds. The van der Waals surface area contributed by atoms with Crippen LogP contribution in [-0.4, -0.2) is 47.8 Å². The van der Waals surface area contributed by atoms with E-state index in [0.717, 1.165) is 22.4 Å². The Balaban J connectivity index is 1.20. The molecule has 1 aromatic heterocycles. The summed E-state index contributed by atoms with van der Waals surface area (Å²) < 4.78 is 26.4. The number of rotatable bonds is 9. The lowest BCUT2D eigenvalue weighted by atomic mass is 9.85. The number of unbranched alkanes of at least 4 members (excludes halogenated alkanes) is 1. The highest BCUT2D eigenvalue weighted by Crippen LogP contribution is 2.51. The Morgan fingerprint density at radius 1 is 0.867 bits per heavy atom. The number of hydrogen-bond donors (Lipinski definition) is 0. The van der Waals surface area contributed by atoms with Crippen molar-refractivity contribution >= 4 is 11.8 Å². The lowest BCUT2D eigenvalue weighted by Gasteiger charge is -2.46. The first kappa shape index (κ1) is 28.9. The molecule has 0 fully saturated rings. The molecule has 2 bridgehead atoms. The number of nitrogens with zero attached hydrogens (tertiary/aromatic N) is 2. The first-order valence-corrected chi connectivity index (χ1v) is 15.2. The normalized spacial score (nSPS) is 19.4. The maximum absolute atomic E-state index is 14.2. The van der Waals surface area contributed by atoms with Crippen LogP contribution in [0.25, 0.3) is 0 Å². The molecule has 0 saturated carbocycles. The second kappa shape index (κ2) is 11.2. The summed E-state index contributed by atoms with van der Waals surface area (Å²) in [4.78, 5) is 41.2. The fourth-order valence-corrected chi connectivity index (χ4v) is 6.77. The van der Waals surface area contributed by atoms with Crippen LogP contribution in [0.3, 0.4) is 0 Å². The van der Waals surface area contributed by atoms with E-state index in [0.29, 0.717) is 72.7 Å². The standard InChI is InChI=1S/C36H34N2O7/c1-22-17-30-31(35(41)38(22)21-23-11-5-4-6-12-23)32-27-19-29(43-3)28(42-2)18-24(27)20-36(44-30,45-32)15-9-10-16-37-33(39)25-13-7-8-14-26(25)34(37)40/h4-8,11-14,17-19,32H,9-10,15-16,20-21H2,1-3H3/t32?,36-/m1/s1. The predicted octanol–water partition coefficient (Wildman–Crippen LogP) is 5.44. The second-order valence-electron chi connectivity index (χ2n) is 11.8. The van der Waals surface area contributed by atoms with Crippen LogP contribution in [0.1, 0.15) is 74.0 Å². The Bertz CT molecular complexity index is 1850. The molecule has 4 heterocycles. The minimum Gasteiger partial charge on any atom is -0.493 e. The average molecular weight is 607 g/mol. The molecule has 2 atom stereocenters. The van der Waals surface area contributed by atoms with Crippen LogP contribution in [0, 0.1) is 6.92 Å². The van der Waals surface area contributed by atoms with E-state index in [9.17, 15) is 14.4 Å². The summed E-state index contributed by atoms with van der Waals surface area (Å²) in [6.07, 6.45) is 1.45. The minimum atomic E-state index is -1.04. The number of ether oxygens (including phenoxy) is 4. The summed E-state index contributed by atoms with van der Waals surface area (Å²) in [5, 5.41) is 0. The van der Waals surface area contributed by atoms with E-state index in [2.05, 4.69) is 0 Å². The van der Waals surface area contributed by atoms with Gasteiger partial charge in [-0.25, -0.2) is 0 Å². The summed E-state index contributed by atoms with van der Waals surface area (Å²) in [7, 11) is 3.18. The highest BCUT2D eigenvalue weighted by atomic mass is 16.7.